The number of aliphatic hydroxyl groups is 1. The van der Waals surface area contributed by atoms with Gasteiger partial charge in [-0.2, -0.15) is 0 Å². The summed E-state index contributed by atoms with van der Waals surface area (Å²) in [6.45, 7) is 7.92. The molecule has 2 N–H and O–H groups in total. The molecule has 0 aliphatic heterocycles. The van der Waals surface area contributed by atoms with Crippen molar-refractivity contribution in [3.8, 4) is 0 Å². The van der Waals surface area contributed by atoms with E-state index in [9.17, 15) is 5.11 Å². The summed E-state index contributed by atoms with van der Waals surface area (Å²) in [7, 11) is 2.00. The Bertz CT molecular complexity index is 409. The summed E-state index contributed by atoms with van der Waals surface area (Å²) in [5.41, 5.74) is 2.22. The second kappa shape index (κ2) is 8.50. The van der Waals surface area contributed by atoms with Gasteiger partial charge in [0.2, 0.25) is 0 Å². The highest BCUT2D eigenvalue weighted by Crippen LogP contribution is 2.28. The van der Waals surface area contributed by atoms with E-state index in [0.29, 0.717) is 6.04 Å². The first-order valence-corrected chi connectivity index (χ1v) is 7.75. The van der Waals surface area contributed by atoms with Gasteiger partial charge in [-0.05, 0) is 50.9 Å². The number of anilines is 1. The van der Waals surface area contributed by atoms with Crippen LogP contribution in [0.5, 0.6) is 0 Å². The smallest absolute Gasteiger partial charge is 0.0642 e. The van der Waals surface area contributed by atoms with Crippen LogP contribution >= 0.6 is 11.6 Å². The predicted octanol–water partition coefficient (Wildman–Crippen LogP) is 3.61. The zero-order valence-corrected chi connectivity index (χ0v) is 13.7. The Morgan fingerprint density at radius 3 is 2.60 bits per heavy atom. The van der Waals surface area contributed by atoms with Crippen LogP contribution in [0.15, 0.2) is 18.2 Å². The third kappa shape index (κ3) is 5.31. The van der Waals surface area contributed by atoms with E-state index >= 15 is 0 Å². The third-order valence-electron chi connectivity index (χ3n) is 3.47. The number of nitrogens with one attached hydrogen (secondary N) is 1. The maximum atomic E-state index is 9.35. The van der Waals surface area contributed by atoms with Crippen LogP contribution < -0.4 is 10.2 Å². The Morgan fingerprint density at radius 2 is 2.05 bits per heavy atom. The normalized spacial score (nSPS) is 14.1. The van der Waals surface area contributed by atoms with Crippen LogP contribution in [0.1, 0.15) is 45.2 Å². The fraction of sp³-hybridized carbons (Fsp3) is 0.625. The van der Waals surface area contributed by atoms with E-state index < -0.39 is 0 Å². The zero-order chi connectivity index (χ0) is 15.1. The van der Waals surface area contributed by atoms with Crippen LogP contribution in [0.3, 0.4) is 0 Å². The molecule has 1 rings (SSSR count). The van der Waals surface area contributed by atoms with E-state index in [0.717, 1.165) is 36.6 Å². The lowest BCUT2D eigenvalue weighted by atomic mass is 10.1. The summed E-state index contributed by atoms with van der Waals surface area (Å²) in [6, 6.07) is 6.52. The molecule has 114 valence electrons. The van der Waals surface area contributed by atoms with Gasteiger partial charge >= 0.3 is 0 Å². The molecule has 2 unspecified atom stereocenters. The van der Waals surface area contributed by atoms with E-state index in [1.165, 1.54) is 5.56 Å². The van der Waals surface area contributed by atoms with Crippen LogP contribution in [0.2, 0.25) is 5.02 Å². The minimum absolute atomic E-state index is 0.284. The Kier molecular flexibility index (Phi) is 7.35. The van der Waals surface area contributed by atoms with Crippen molar-refractivity contribution in [2.24, 2.45) is 0 Å². The number of benzene rings is 1. The number of halogens is 1. The molecular weight excluding hydrogens is 272 g/mol. The van der Waals surface area contributed by atoms with Gasteiger partial charge in [0.1, 0.15) is 0 Å². The number of aliphatic hydroxyl groups excluding tert-OH is 1. The van der Waals surface area contributed by atoms with Gasteiger partial charge in [0.05, 0.1) is 16.8 Å². The van der Waals surface area contributed by atoms with E-state index in [1.54, 1.807) is 6.92 Å². The van der Waals surface area contributed by atoms with Crippen LogP contribution in [0.25, 0.3) is 0 Å². The lowest BCUT2D eigenvalue weighted by Crippen LogP contribution is -2.22. The Labute approximate surface area is 127 Å². The molecule has 0 aliphatic rings. The van der Waals surface area contributed by atoms with Crippen molar-refractivity contribution in [1.29, 1.82) is 0 Å². The van der Waals surface area contributed by atoms with Crippen LogP contribution in [0.4, 0.5) is 5.69 Å². The molecule has 2 atom stereocenters. The Balaban J connectivity index is 2.72. The summed E-state index contributed by atoms with van der Waals surface area (Å²) >= 11 is 6.39. The topological polar surface area (TPSA) is 35.5 Å². The van der Waals surface area contributed by atoms with Crippen molar-refractivity contribution in [3.63, 3.8) is 0 Å². The molecule has 20 heavy (non-hydrogen) atoms. The fourth-order valence-electron chi connectivity index (χ4n) is 2.08. The van der Waals surface area contributed by atoms with Gasteiger partial charge in [-0.1, -0.05) is 24.6 Å². The largest absolute Gasteiger partial charge is 0.393 e. The molecule has 0 amide bonds. The van der Waals surface area contributed by atoms with Gasteiger partial charge < -0.3 is 15.3 Å². The molecule has 0 saturated carbocycles. The summed E-state index contributed by atoms with van der Waals surface area (Å²) in [5.74, 6) is 0. The third-order valence-corrected chi connectivity index (χ3v) is 3.77. The van der Waals surface area contributed by atoms with Crippen molar-refractivity contribution in [2.45, 2.75) is 45.8 Å². The molecule has 0 fully saturated rings. The quantitative estimate of drug-likeness (QED) is 0.769. The average Bonchev–Trinajstić information content (AvgIpc) is 2.41. The average molecular weight is 299 g/mol. The maximum absolute atomic E-state index is 9.35. The van der Waals surface area contributed by atoms with Crippen molar-refractivity contribution in [1.82, 2.24) is 5.32 Å². The summed E-state index contributed by atoms with van der Waals surface area (Å²) in [6.07, 6.45) is 1.58. The molecule has 3 nitrogen and oxygen atoms in total. The first-order valence-electron chi connectivity index (χ1n) is 7.37. The summed E-state index contributed by atoms with van der Waals surface area (Å²) < 4.78 is 0. The van der Waals surface area contributed by atoms with Crippen molar-refractivity contribution >= 4 is 17.3 Å². The fourth-order valence-corrected chi connectivity index (χ4v) is 2.41. The molecule has 0 saturated heterocycles. The minimum atomic E-state index is -0.284. The molecule has 0 spiro atoms. The molecule has 0 bridgehead atoms. The molecule has 1 aromatic carbocycles. The van der Waals surface area contributed by atoms with Gasteiger partial charge in [0.15, 0.2) is 0 Å². The van der Waals surface area contributed by atoms with Crippen LogP contribution in [-0.4, -0.2) is 31.3 Å². The van der Waals surface area contributed by atoms with E-state index in [4.69, 9.17) is 11.6 Å². The molecular formula is C16H27ClN2O. The highest BCUT2D eigenvalue weighted by Gasteiger charge is 2.11. The highest BCUT2D eigenvalue weighted by molar-refractivity contribution is 6.33. The Morgan fingerprint density at radius 1 is 1.35 bits per heavy atom. The van der Waals surface area contributed by atoms with Crippen LogP contribution in [0, 0.1) is 0 Å². The number of hydrogen-bond acceptors (Lipinski definition) is 3. The van der Waals surface area contributed by atoms with Crippen molar-refractivity contribution < 1.29 is 5.11 Å². The molecule has 0 aromatic heterocycles. The SMILES string of the molecule is CCCNC(C)c1ccc(N(C)CCC(C)O)c(Cl)c1. The number of hydrogen-bond donors (Lipinski definition) is 2. The van der Waals surface area contributed by atoms with Gasteiger partial charge in [0.25, 0.3) is 0 Å². The number of nitrogens with zero attached hydrogens (tertiary/aromatic N) is 1. The molecule has 4 heteroatoms. The highest BCUT2D eigenvalue weighted by atomic mass is 35.5. The van der Waals surface area contributed by atoms with E-state index in [1.807, 2.05) is 13.1 Å². The standard InChI is InChI=1S/C16H27ClN2O/c1-5-9-18-13(3)14-6-7-16(15(17)11-14)19(4)10-8-12(2)20/h6-7,11-13,18,20H,5,8-10H2,1-4H3. The molecule has 0 aliphatic carbocycles. The predicted molar refractivity (Wildman–Crippen MR) is 87.7 cm³/mol. The van der Waals surface area contributed by atoms with E-state index in [2.05, 4.69) is 36.2 Å². The summed E-state index contributed by atoms with van der Waals surface area (Å²) in [5, 5.41) is 13.6. The molecule has 0 radical (unpaired) electrons. The van der Waals surface area contributed by atoms with Crippen LogP contribution in [-0.2, 0) is 0 Å². The first-order chi connectivity index (χ1) is 9.45. The van der Waals surface area contributed by atoms with Gasteiger partial charge in [-0.3, -0.25) is 0 Å². The lowest BCUT2D eigenvalue weighted by Gasteiger charge is -2.23. The molecule has 0 heterocycles. The van der Waals surface area contributed by atoms with Crippen molar-refractivity contribution in [3.05, 3.63) is 28.8 Å². The lowest BCUT2D eigenvalue weighted by molar-refractivity contribution is 0.187. The first kappa shape index (κ1) is 17.3. The van der Waals surface area contributed by atoms with Crippen molar-refractivity contribution in [2.75, 3.05) is 25.0 Å². The Hall–Kier alpha value is -0.770. The minimum Gasteiger partial charge on any atom is -0.393 e. The monoisotopic (exact) mass is 298 g/mol. The summed E-state index contributed by atoms with van der Waals surface area (Å²) in [4.78, 5) is 2.09. The second-order valence-electron chi connectivity index (χ2n) is 5.45. The van der Waals surface area contributed by atoms with Gasteiger partial charge in [0, 0.05) is 19.6 Å². The molecule has 1 aromatic rings. The second-order valence-corrected chi connectivity index (χ2v) is 5.85. The van der Waals surface area contributed by atoms with E-state index in [-0.39, 0.29) is 6.10 Å². The number of rotatable bonds is 8. The maximum Gasteiger partial charge on any atom is 0.0642 e. The van der Waals surface area contributed by atoms with Gasteiger partial charge in [-0.15, -0.1) is 0 Å². The zero-order valence-electron chi connectivity index (χ0n) is 13.0. The van der Waals surface area contributed by atoms with Gasteiger partial charge in [-0.25, -0.2) is 0 Å².